The van der Waals surface area contributed by atoms with Crippen molar-refractivity contribution in [2.24, 2.45) is 0 Å². The highest BCUT2D eigenvalue weighted by atomic mass is 16.3. The molecule has 0 unspecified atom stereocenters. The molecule has 124 valence electrons. The van der Waals surface area contributed by atoms with E-state index < -0.39 is 19.1 Å². The third-order valence-corrected chi connectivity index (χ3v) is 4.17. The normalized spacial score (nSPS) is 17.1. The zero-order chi connectivity index (χ0) is 22.4. The zero-order valence-corrected chi connectivity index (χ0v) is 14.0. The van der Waals surface area contributed by atoms with E-state index in [4.69, 9.17) is 8.22 Å². The smallest absolute Gasteiger partial charge is 0.119 e. The lowest BCUT2D eigenvalue weighted by Crippen LogP contribution is -2.19. The Morgan fingerprint density at radius 2 is 1.17 bits per heavy atom. The molecule has 23 heavy (non-hydrogen) atoms. The van der Waals surface area contributed by atoms with Crippen molar-refractivity contribution < 1.29 is 18.4 Å². The van der Waals surface area contributed by atoms with E-state index in [0.29, 0.717) is 11.1 Å². The first-order valence-electron chi connectivity index (χ1n) is 10.8. The van der Waals surface area contributed by atoms with Crippen LogP contribution < -0.4 is 0 Å². The second-order valence-electron chi connectivity index (χ2n) is 6.61. The summed E-state index contributed by atoms with van der Waals surface area (Å²) in [5.41, 5.74) is -1.21. The van der Waals surface area contributed by atoms with E-state index in [0.717, 1.165) is 0 Å². The highest BCUT2D eigenvalue weighted by Crippen LogP contribution is 2.38. The standard InChI is InChI=1S/C21H28O2/c1-13(2)17-11-15(7-9-19(17)22)21(5,6)16-8-10-20(23)18(12-16)14(3)4/h7-14,22-23H,1-6H3/i5D3,6D3. The summed E-state index contributed by atoms with van der Waals surface area (Å²) < 4.78 is 49.7. The largest absolute Gasteiger partial charge is 0.508 e. The Bertz CT molecular complexity index is 808. The van der Waals surface area contributed by atoms with Gasteiger partial charge in [-0.25, -0.2) is 0 Å². The van der Waals surface area contributed by atoms with Gasteiger partial charge in [0, 0.05) is 13.6 Å². The summed E-state index contributed by atoms with van der Waals surface area (Å²) in [7, 11) is 0. The molecule has 0 aliphatic heterocycles. The molecule has 0 atom stereocenters. The van der Waals surface area contributed by atoms with Crippen LogP contribution in [0.25, 0.3) is 0 Å². The lowest BCUT2D eigenvalue weighted by Gasteiger charge is -2.28. The van der Waals surface area contributed by atoms with Gasteiger partial charge >= 0.3 is 0 Å². The quantitative estimate of drug-likeness (QED) is 0.762. The molecule has 0 spiro atoms. The SMILES string of the molecule is [2H]C([2H])([2H])C(c1ccc(O)c(C(C)C)c1)(c1ccc(O)c(C(C)C)c1)C([2H])([2H])[2H]. The van der Waals surface area contributed by atoms with Crippen molar-refractivity contribution in [3.8, 4) is 11.5 Å². The van der Waals surface area contributed by atoms with Gasteiger partial charge in [-0.3, -0.25) is 0 Å². The third-order valence-electron chi connectivity index (χ3n) is 4.17. The van der Waals surface area contributed by atoms with E-state index in [1.54, 1.807) is 0 Å². The minimum atomic E-state index is -2.92. The number of phenolic OH excluding ortho intramolecular Hbond substituents is 2. The maximum Gasteiger partial charge on any atom is 0.119 e. The molecule has 0 radical (unpaired) electrons. The van der Waals surface area contributed by atoms with Crippen LogP contribution in [0.3, 0.4) is 0 Å². The maximum atomic E-state index is 10.2. The Morgan fingerprint density at radius 1 is 0.783 bits per heavy atom. The van der Waals surface area contributed by atoms with Gasteiger partial charge in [-0.2, -0.15) is 0 Å². The van der Waals surface area contributed by atoms with Crippen LogP contribution in [-0.2, 0) is 5.41 Å². The van der Waals surface area contributed by atoms with Gasteiger partial charge in [0.25, 0.3) is 0 Å². The topological polar surface area (TPSA) is 40.5 Å². The van der Waals surface area contributed by atoms with Crippen LogP contribution in [0.5, 0.6) is 11.5 Å². The maximum absolute atomic E-state index is 10.2. The summed E-state index contributed by atoms with van der Waals surface area (Å²) in [6.07, 6.45) is 0. The van der Waals surface area contributed by atoms with Gasteiger partial charge < -0.3 is 10.2 Å². The van der Waals surface area contributed by atoms with Crippen molar-refractivity contribution in [3.05, 3.63) is 58.7 Å². The Kier molecular flexibility index (Phi) is 2.93. The van der Waals surface area contributed by atoms with Crippen LogP contribution >= 0.6 is 0 Å². The minimum absolute atomic E-state index is 0.0118. The second-order valence-corrected chi connectivity index (χ2v) is 6.61. The molecule has 0 heterocycles. The van der Waals surface area contributed by atoms with E-state index in [1.807, 2.05) is 27.7 Å². The zero-order valence-electron chi connectivity index (χ0n) is 20.0. The number of rotatable bonds is 4. The van der Waals surface area contributed by atoms with E-state index >= 15 is 0 Å². The van der Waals surface area contributed by atoms with Crippen molar-refractivity contribution in [3.63, 3.8) is 0 Å². The first kappa shape index (κ1) is 10.7. The molecule has 0 bridgehead atoms. The van der Waals surface area contributed by atoms with E-state index in [9.17, 15) is 10.2 Å². The van der Waals surface area contributed by atoms with E-state index in [-0.39, 0.29) is 34.5 Å². The van der Waals surface area contributed by atoms with Crippen molar-refractivity contribution in [1.29, 1.82) is 0 Å². The number of phenols is 2. The van der Waals surface area contributed by atoms with Crippen LogP contribution in [-0.4, -0.2) is 10.2 Å². The van der Waals surface area contributed by atoms with E-state index in [2.05, 4.69) is 0 Å². The average molecular weight is 318 g/mol. The Balaban J connectivity index is 3.00. The lowest BCUT2D eigenvalue weighted by atomic mass is 9.76. The first-order valence-corrected chi connectivity index (χ1v) is 7.81. The number of benzene rings is 2. The van der Waals surface area contributed by atoms with Gasteiger partial charge in [0.2, 0.25) is 0 Å². The van der Waals surface area contributed by atoms with Gasteiger partial charge in [0.05, 0.1) is 0 Å². The predicted octanol–water partition coefficient (Wildman–Crippen LogP) is 5.67. The molecule has 0 saturated heterocycles. The van der Waals surface area contributed by atoms with Gasteiger partial charge in [-0.1, -0.05) is 65.7 Å². The van der Waals surface area contributed by atoms with Crippen molar-refractivity contribution >= 4 is 0 Å². The van der Waals surface area contributed by atoms with Crippen LogP contribution in [0.2, 0.25) is 0 Å². The molecule has 0 amide bonds. The highest BCUT2D eigenvalue weighted by molar-refractivity contribution is 5.48. The summed E-state index contributed by atoms with van der Waals surface area (Å²) >= 11 is 0. The van der Waals surface area contributed by atoms with Crippen molar-refractivity contribution in [1.82, 2.24) is 0 Å². The van der Waals surface area contributed by atoms with Gasteiger partial charge in [-0.05, 0) is 46.2 Å². The number of hydrogen-bond donors (Lipinski definition) is 2. The molecule has 0 aromatic heterocycles. The molecular formula is C21H28O2. The van der Waals surface area contributed by atoms with Crippen LogP contribution in [0.1, 0.15) is 83.7 Å². The molecular weight excluding hydrogens is 284 g/mol. The minimum Gasteiger partial charge on any atom is -0.508 e. The summed E-state index contributed by atoms with van der Waals surface area (Å²) in [5, 5.41) is 20.4. The fraction of sp³-hybridized carbons (Fsp3) is 0.429. The average Bonchev–Trinajstić information content (AvgIpc) is 2.55. The van der Waals surface area contributed by atoms with Crippen molar-refractivity contribution in [2.75, 3.05) is 0 Å². The fourth-order valence-corrected chi connectivity index (χ4v) is 2.67. The molecule has 2 aromatic rings. The molecule has 2 heteroatoms. The van der Waals surface area contributed by atoms with Crippen LogP contribution in [0.4, 0.5) is 0 Å². The molecule has 0 aliphatic rings. The highest BCUT2D eigenvalue weighted by Gasteiger charge is 2.25. The van der Waals surface area contributed by atoms with Gasteiger partial charge in [0.1, 0.15) is 11.5 Å². The molecule has 0 saturated carbocycles. The third kappa shape index (κ3) is 3.36. The second kappa shape index (κ2) is 6.27. The van der Waals surface area contributed by atoms with Crippen molar-refractivity contribution in [2.45, 2.75) is 58.6 Å². The molecule has 0 fully saturated rings. The molecule has 2 rings (SSSR count). The summed E-state index contributed by atoms with van der Waals surface area (Å²) in [6, 6.07) is 8.37. The number of hydrogen-bond acceptors (Lipinski definition) is 2. The molecule has 0 aliphatic carbocycles. The first-order chi connectivity index (χ1) is 13.1. The predicted molar refractivity (Wildman–Crippen MR) is 96.5 cm³/mol. The van der Waals surface area contributed by atoms with Gasteiger partial charge in [0.15, 0.2) is 0 Å². The fourth-order valence-electron chi connectivity index (χ4n) is 2.67. The molecule has 2 aromatic carbocycles. The van der Waals surface area contributed by atoms with E-state index in [1.165, 1.54) is 36.4 Å². The van der Waals surface area contributed by atoms with Gasteiger partial charge in [-0.15, -0.1) is 0 Å². The lowest BCUT2D eigenvalue weighted by molar-refractivity contribution is 0.463. The number of aromatic hydroxyl groups is 2. The monoisotopic (exact) mass is 318 g/mol. The summed E-state index contributed by atoms with van der Waals surface area (Å²) in [6.45, 7) is 1.50. The summed E-state index contributed by atoms with van der Waals surface area (Å²) in [4.78, 5) is 0. The van der Waals surface area contributed by atoms with Crippen LogP contribution in [0, 0.1) is 0 Å². The Morgan fingerprint density at radius 3 is 1.48 bits per heavy atom. The molecule has 2 nitrogen and oxygen atoms in total. The summed E-state index contributed by atoms with van der Waals surface area (Å²) in [5.74, 6) is -0.289. The Hall–Kier alpha value is -1.96. The molecule has 2 N–H and O–H groups in total. The van der Waals surface area contributed by atoms with Crippen LogP contribution in [0.15, 0.2) is 36.4 Å². The Labute approximate surface area is 148 Å².